The van der Waals surface area contributed by atoms with Gasteiger partial charge < -0.3 is 14.1 Å². The van der Waals surface area contributed by atoms with Crippen LogP contribution >= 0.6 is 11.6 Å². The Balaban J connectivity index is 1.57. The number of aryl methyl sites for hydroxylation is 1. The Hall–Kier alpha value is -2.33. The second-order valence-electron chi connectivity index (χ2n) is 7.02. The number of aromatic nitrogens is 1. The first-order valence-corrected chi connectivity index (χ1v) is 11.2. The Kier molecular flexibility index (Phi) is 6.04. The molecule has 11 heteroatoms. The van der Waals surface area contributed by atoms with Crippen LogP contribution in [0.3, 0.4) is 0 Å². The fourth-order valence-corrected chi connectivity index (χ4v) is 5.25. The molecule has 3 rings (SSSR count). The predicted octanol–water partition coefficient (Wildman–Crippen LogP) is 1.22. The van der Waals surface area contributed by atoms with E-state index in [0.717, 1.165) is 0 Å². The first-order valence-electron chi connectivity index (χ1n) is 9.03. The molecule has 0 spiro atoms. The molecule has 0 radical (unpaired) electrons. The first-order chi connectivity index (χ1) is 13.6. The summed E-state index contributed by atoms with van der Waals surface area (Å²) in [6.07, 6.45) is -0.838. The molecule has 1 aromatic carbocycles. The number of likely N-dealkylation sites (N-methyl/N-ethyl adjacent to an activating group) is 1. The molecule has 0 aliphatic carbocycles. The van der Waals surface area contributed by atoms with Gasteiger partial charge in [-0.2, -0.15) is 0 Å². The van der Waals surface area contributed by atoms with Crippen LogP contribution in [-0.4, -0.2) is 60.5 Å². The molecule has 0 bridgehead atoms. The second kappa shape index (κ2) is 8.19. The lowest BCUT2D eigenvalue weighted by Crippen LogP contribution is -2.44. The minimum absolute atomic E-state index is 0.0178. The van der Waals surface area contributed by atoms with E-state index < -0.39 is 39.6 Å². The zero-order valence-corrected chi connectivity index (χ0v) is 17.5. The van der Waals surface area contributed by atoms with Crippen LogP contribution in [0.4, 0.5) is 0 Å². The summed E-state index contributed by atoms with van der Waals surface area (Å²) in [5.74, 6) is -1.80. The van der Waals surface area contributed by atoms with Crippen molar-refractivity contribution < 1.29 is 27.2 Å². The van der Waals surface area contributed by atoms with Gasteiger partial charge in [-0.3, -0.25) is 14.2 Å². The number of nitrogens with zero attached hydrogens (tertiary/aromatic N) is 2. The standard InChI is InChI=1S/C18H21ClN2O7S/c1-11(17(23)20(2)13-6-8-29(25,26)10-13)27-16(22)5-7-21-14-4-3-12(19)9-15(14)28-18(21)24/h3-4,9,11,13H,5-8,10H2,1-2H3/t11-,13-/m1/s1. The van der Waals surface area contributed by atoms with Crippen molar-refractivity contribution in [3.05, 3.63) is 33.8 Å². The number of carbonyl (C=O) groups excluding carboxylic acids is 2. The third kappa shape index (κ3) is 4.81. The zero-order chi connectivity index (χ0) is 21.3. The number of sulfone groups is 1. The summed E-state index contributed by atoms with van der Waals surface area (Å²) >= 11 is 5.87. The van der Waals surface area contributed by atoms with Crippen LogP contribution in [0.25, 0.3) is 11.1 Å². The molecule has 0 N–H and O–H groups in total. The largest absolute Gasteiger partial charge is 0.452 e. The molecule has 0 saturated carbocycles. The molecule has 2 heterocycles. The summed E-state index contributed by atoms with van der Waals surface area (Å²) in [6, 6.07) is 4.31. The number of halogens is 1. The van der Waals surface area contributed by atoms with E-state index in [1.807, 2.05) is 0 Å². The maximum Gasteiger partial charge on any atom is 0.419 e. The smallest absolute Gasteiger partial charge is 0.419 e. The van der Waals surface area contributed by atoms with E-state index >= 15 is 0 Å². The Bertz CT molecular complexity index is 1110. The van der Waals surface area contributed by atoms with Gasteiger partial charge in [0.15, 0.2) is 21.5 Å². The minimum atomic E-state index is -3.13. The fraction of sp³-hybridized carbons (Fsp3) is 0.500. The summed E-state index contributed by atoms with van der Waals surface area (Å²) < 4.78 is 34.7. The Morgan fingerprint density at radius 3 is 2.79 bits per heavy atom. The molecule has 1 aliphatic rings. The number of ether oxygens (including phenoxy) is 1. The molecule has 1 amide bonds. The van der Waals surface area contributed by atoms with Gasteiger partial charge in [-0.1, -0.05) is 11.6 Å². The first kappa shape index (κ1) is 21.4. The number of fused-ring (bicyclic) bond motifs is 1. The molecule has 158 valence electrons. The van der Waals surface area contributed by atoms with E-state index in [9.17, 15) is 22.8 Å². The molecule has 1 aliphatic heterocycles. The van der Waals surface area contributed by atoms with Crippen LogP contribution in [0.5, 0.6) is 0 Å². The van der Waals surface area contributed by atoms with Gasteiger partial charge in [-0.25, -0.2) is 13.2 Å². The van der Waals surface area contributed by atoms with Crippen molar-refractivity contribution in [2.24, 2.45) is 0 Å². The quantitative estimate of drug-likeness (QED) is 0.615. The van der Waals surface area contributed by atoms with E-state index in [-0.39, 0.29) is 24.5 Å². The van der Waals surface area contributed by atoms with Gasteiger partial charge in [0, 0.05) is 30.7 Å². The van der Waals surface area contributed by atoms with Gasteiger partial charge in [0.25, 0.3) is 5.91 Å². The van der Waals surface area contributed by atoms with Gasteiger partial charge in [0.05, 0.1) is 23.4 Å². The molecule has 1 aromatic heterocycles. The third-order valence-corrected chi connectivity index (χ3v) is 6.92. The lowest BCUT2D eigenvalue weighted by Gasteiger charge is -2.26. The minimum Gasteiger partial charge on any atom is -0.452 e. The molecule has 1 saturated heterocycles. The van der Waals surface area contributed by atoms with Crippen molar-refractivity contribution in [2.75, 3.05) is 18.6 Å². The lowest BCUT2D eigenvalue weighted by atomic mass is 10.2. The SMILES string of the molecule is C[C@@H](OC(=O)CCn1c(=O)oc2cc(Cl)ccc21)C(=O)N(C)[C@@H]1CCS(=O)(=O)C1. The van der Waals surface area contributed by atoms with Crippen LogP contribution < -0.4 is 5.76 Å². The number of amides is 1. The monoisotopic (exact) mass is 444 g/mol. The molecular weight excluding hydrogens is 424 g/mol. The van der Waals surface area contributed by atoms with Crippen LogP contribution in [-0.2, 0) is 30.7 Å². The third-order valence-electron chi connectivity index (χ3n) is 4.93. The van der Waals surface area contributed by atoms with Crippen molar-refractivity contribution in [3.63, 3.8) is 0 Å². The molecule has 29 heavy (non-hydrogen) atoms. The summed E-state index contributed by atoms with van der Waals surface area (Å²) in [6.45, 7) is 1.45. The van der Waals surface area contributed by atoms with Crippen molar-refractivity contribution in [2.45, 2.75) is 38.5 Å². The maximum absolute atomic E-state index is 12.4. The number of oxazole rings is 1. The number of esters is 1. The van der Waals surface area contributed by atoms with Crippen LogP contribution in [0.1, 0.15) is 19.8 Å². The van der Waals surface area contributed by atoms with Crippen molar-refractivity contribution >= 4 is 44.4 Å². The molecule has 2 atom stereocenters. The van der Waals surface area contributed by atoms with Crippen molar-refractivity contribution in [1.82, 2.24) is 9.47 Å². The van der Waals surface area contributed by atoms with E-state index in [0.29, 0.717) is 22.5 Å². The molecular formula is C18H21ClN2O7S. The van der Waals surface area contributed by atoms with E-state index in [1.165, 1.54) is 29.5 Å². The number of rotatable bonds is 6. The van der Waals surface area contributed by atoms with E-state index in [2.05, 4.69) is 0 Å². The summed E-state index contributed by atoms with van der Waals surface area (Å²) in [4.78, 5) is 37.9. The molecule has 0 unspecified atom stereocenters. The average Bonchev–Trinajstić information content (AvgIpc) is 3.16. The van der Waals surface area contributed by atoms with E-state index in [4.69, 9.17) is 20.8 Å². The maximum atomic E-state index is 12.4. The fourth-order valence-electron chi connectivity index (χ4n) is 3.31. The Labute approximate surface area is 172 Å². The normalized spacial score (nSPS) is 19.2. The van der Waals surface area contributed by atoms with Crippen LogP contribution in [0.2, 0.25) is 5.02 Å². The van der Waals surface area contributed by atoms with Gasteiger partial charge in [0.1, 0.15) is 0 Å². The zero-order valence-electron chi connectivity index (χ0n) is 16.0. The molecule has 2 aromatic rings. The highest BCUT2D eigenvalue weighted by atomic mass is 35.5. The second-order valence-corrected chi connectivity index (χ2v) is 9.68. The van der Waals surface area contributed by atoms with Gasteiger partial charge in [-0.15, -0.1) is 0 Å². The van der Waals surface area contributed by atoms with Gasteiger partial charge in [-0.05, 0) is 25.5 Å². The predicted molar refractivity (Wildman–Crippen MR) is 105 cm³/mol. The van der Waals surface area contributed by atoms with Crippen LogP contribution in [0.15, 0.2) is 27.4 Å². The Morgan fingerprint density at radius 1 is 1.41 bits per heavy atom. The molecule has 9 nitrogen and oxygen atoms in total. The average molecular weight is 445 g/mol. The van der Waals surface area contributed by atoms with Crippen molar-refractivity contribution in [3.8, 4) is 0 Å². The highest BCUT2D eigenvalue weighted by Crippen LogP contribution is 2.19. The van der Waals surface area contributed by atoms with Gasteiger partial charge >= 0.3 is 11.7 Å². The summed E-state index contributed by atoms with van der Waals surface area (Å²) in [5, 5.41) is 0.421. The number of benzene rings is 1. The topological polar surface area (TPSA) is 116 Å². The highest BCUT2D eigenvalue weighted by molar-refractivity contribution is 7.91. The van der Waals surface area contributed by atoms with Crippen LogP contribution in [0, 0.1) is 0 Å². The lowest BCUT2D eigenvalue weighted by molar-refractivity contribution is -0.159. The van der Waals surface area contributed by atoms with Crippen molar-refractivity contribution in [1.29, 1.82) is 0 Å². The molecule has 1 fully saturated rings. The summed E-state index contributed by atoms with van der Waals surface area (Å²) in [7, 11) is -1.63. The number of carbonyl (C=O) groups is 2. The van der Waals surface area contributed by atoms with E-state index in [1.54, 1.807) is 12.1 Å². The number of hydrogen-bond acceptors (Lipinski definition) is 7. The highest BCUT2D eigenvalue weighted by Gasteiger charge is 2.34. The Morgan fingerprint density at radius 2 is 2.14 bits per heavy atom. The summed E-state index contributed by atoms with van der Waals surface area (Å²) in [5.41, 5.74) is 0.811. The number of hydrogen-bond donors (Lipinski definition) is 0. The van der Waals surface area contributed by atoms with Gasteiger partial charge in [0.2, 0.25) is 0 Å².